The highest BCUT2D eigenvalue weighted by Crippen LogP contribution is 2.33. The Balaban J connectivity index is 1.73. The highest BCUT2D eigenvalue weighted by atomic mass is 16.5. The van der Waals surface area contributed by atoms with Gasteiger partial charge in [-0.1, -0.05) is 0 Å². The Morgan fingerprint density at radius 1 is 1.33 bits per heavy atom. The molecule has 1 atom stereocenters. The van der Waals surface area contributed by atoms with Crippen molar-refractivity contribution in [2.24, 2.45) is 0 Å². The average Bonchev–Trinajstić information content (AvgIpc) is 3.07. The lowest BCUT2D eigenvalue weighted by atomic mass is 10.2. The fraction of sp³-hybridized carbons (Fsp3) is 0.625. The molecule has 3 rings (SSSR count). The van der Waals surface area contributed by atoms with Crippen LogP contribution in [0.2, 0.25) is 0 Å². The fourth-order valence-corrected chi connectivity index (χ4v) is 2.86. The summed E-state index contributed by atoms with van der Waals surface area (Å²) in [5, 5.41) is 3.38. The molecule has 2 fully saturated rings. The minimum absolute atomic E-state index is 0.239. The van der Waals surface area contributed by atoms with Crippen molar-refractivity contribution in [1.82, 2.24) is 5.32 Å². The van der Waals surface area contributed by atoms with Crippen LogP contribution >= 0.6 is 0 Å². The van der Waals surface area contributed by atoms with Gasteiger partial charge in [-0.15, -0.1) is 0 Å². The van der Waals surface area contributed by atoms with Crippen molar-refractivity contribution < 1.29 is 14.2 Å². The molecule has 2 aliphatic heterocycles. The van der Waals surface area contributed by atoms with Gasteiger partial charge in [-0.05, 0) is 25.0 Å². The summed E-state index contributed by atoms with van der Waals surface area (Å²) in [5.41, 5.74) is 1.12. The van der Waals surface area contributed by atoms with Crippen molar-refractivity contribution in [2.75, 3.05) is 51.4 Å². The van der Waals surface area contributed by atoms with Gasteiger partial charge in [0.15, 0.2) is 0 Å². The van der Waals surface area contributed by atoms with E-state index in [2.05, 4.69) is 16.3 Å². The molecular formula is C16H24N2O3. The molecule has 0 bridgehead atoms. The van der Waals surface area contributed by atoms with Gasteiger partial charge in [0.2, 0.25) is 0 Å². The molecule has 2 heterocycles. The molecule has 0 aliphatic carbocycles. The minimum atomic E-state index is 0.239. The molecule has 2 saturated heterocycles. The zero-order valence-corrected chi connectivity index (χ0v) is 12.6. The SMILES string of the molecule is COc1ccc(OCC2CCCO2)c(N2CCNCC2)c1. The van der Waals surface area contributed by atoms with Crippen molar-refractivity contribution in [3.05, 3.63) is 18.2 Å². The number of rotatable bonds is 5. The number of piperazine rings is 1. The van der Waals surface area contributed by atoms with Crippen LogP contribution in [0.1, 0.15) is 12.8 Å². The van der Waals surface area contributed by atoms with Crippen LogP contribution < -0.4 is 19.7 Å². The smallest absolute Gasteiger partial charge is 0.143 e. The van der Waals surface area contributed by atoms with Crippen molar-refractivity contribution in [3.63, 3.8) is 0 Å². The van der Waals surface area contributed by atoms with Gasteiger partial charge in [-0.25, -0.2) is 0 Å². The normalized spacial score (nSPS) is 22.3. The van der Waals surface area contributed by atoms with Gasteiger partial charge in [0.05, 0.1) is 18.9 Å². The van der Waals surface area contributed by atoms with Crippen LogP contribution in [-0.2, 0) is 4.74 Å². The lowest BCUT2D eigenvalue weighted by Crippen LogP contribution is -2.43. The van der Waals surface area contributed by atoms with E-state index in [9.17, 15) is 0 Å². The molecule has 5 heteroatoms. The Morgan fingerprint density at radius 2 is 2.19 bits per heavy atom. The predicted molar refractivity (Wildman–Crippen MR) is 82.5 cm³/mol. The van der Waals surface area contributed by atoms with Gasteiger partial charge >= 0.3 is 0 Å². The van der Waals surface area contributed by atoms with Crippen LogP contribution in [-0.4, -0.2) is 52.6 Å². The summed E-state index contributed by atoms with van der Waals surface area (Å²) < 4.78 is 17.0. The first kappa shape index (κ1) is 14.5. The largest absolute Gasteiger partial charge is 0.497 e. The molecule has 2 aliphatic rings. The Bertz CT molecular complexity index is 455. The summed E-state index contributed by atoms with van der Waals surface area (Å²) >= 11 is 0. The molecule has 21 heavy (non-hydrogen) atoms. The molecule has 0 spiro atoms. The number of hydrogen-bond acceptors (Lipinski definition) is 5. The van der Waals surface area contributed by atoms with Crippen molar-refractivity contribution >= 4 is 5.69 Å². The van der Waals surface area contributed by atoms with Crippen LogP contribution in [0.3, 0.4) is 0 Å². The number of ether oxygens (including phenoxy) is 3. The summed E-state index contributed by atoms with van der Waals surface area (Å²) in [6.45, 7) is 5.48. The first-order valence-corrected chi connectivity index (χ1v) is 7.75. The Labute approximate surface area is 126 Å². The van der Waals surface area contributed by atoms with Gasteiger partial charge < -0.3 is 24.4 Å². The van der Waals surface area contributed by atoms with E-state index in [0.29, 0.717) is 6.61 Å². The molecule has 1 N–H and O–H groups in total. The summed E-state index contributed by atoms with van der Waals surface area (Å²) in [4.78, 5) is 2.35. The summed E-state index contributed by atoms with van der Waals surface area (Å²) in [7, 11) is 1.70. The van der Waals surface area contributed by atoms with Crippen LogP contribution in [0.4, 0.5) is 5.69 Å². The van der Waals surface area contributed by atoms with Gasteiger partial charge in [-0.3, -0.25) is 0 Å². The van der Waals surface area contributed by atoms with Gasteiger partial charge in [-0.2, -0.15) is 0 Å². The standard InChI is InChI=1S/C16H24N2O3/c1-19-13-4-5-16(21-12-14-3-2-10-20-14)15(11-13)18-8-6-17-7-9-18/h4-5,11,14,17H,2-3,6-10,12H2,1H3. The van der Waals surface area contributed by atoms with Gasteiger partial charge in [0, 0.05) is 38.9 Å². The topological polar surface area (TPSA) is 43.0 Å². The number of nitrogens with one attached hydrogen (secondary N) is 1. The summed E-state index contributed by atoms with van der Waals surface area (Å²) in [5.74, 6) is 1.79. The first-order valence-electron chi connectivity index (χ1n) is 7.75. The maximum absolute atomic E-state index is 6.03. The quantitative estimate of drug-likeness (QED) is 0.894. The Hall–Kier alpha value is -1.46. The Morgan fingerprint density at radius 3 is 2.90 bits per heavy atom. The highest BCUT2D eigenvalue weighted by Gasteiger charge is 2.19. The second-order valence-electron chi connectivity index (χ2n) is 5.52. The molecule has 0 saturated carbocycles. The van der Waals surface area contributed by atoms with Crippen LogP contribution in [0.25, 0.3) is 0 Å². The number of methoxy groups -OCH3 is 1. The lowest BCUT2D eigenvalue weighted by molar-refractivity contribution is 0.0681. The van der Waals surface area contributed by atoms with Crippen molar-refractivity contribution in [2.45, 2.75) is 18.9 Å². The summed E-state index contributed by atoms with van der Waals surface area (Å²) in [6, 6.07) is 6.03. The third-order valence-corrected chi connectivity index (χ3v) is 4.07. The predicted octanol–water partition coefficient (Wildman–Crippen LogP) is 1.66. The van der Waals surface area contributed by atoms with E-state index < -0.39 is 0 Å². The van der Waals surface area contributed by atoms with Crippen LogP contribution in [0.5, 0.6) is 11.5 Å². The third kappa shape index (κ3) is 3.60. The lowest BCUT2D eigenvalue weighted by Gasteiger charge is -2.31. The minimum Gasteiger partial charge on any atom is -0.497 e. The number of anilines is 1. The van der Waals surface area contributed by atoms with E-state index in [1.807, 2.05) is 12.1 Å². The molecule has 0 aromatic heterocycles. The van der Waals surface area contributed by atoms with E-state index in [1.54, 1.807) is 7.11 Å². The number of nitrogens with zero attached hydrogens (tertiary/aromatic N) is 1. The monoisotopic (exact) mass is 292 g/mol. The summed E-state index contributed by atoms with van der Waals surface area (Å²) in [6.07, 6.45) is 2.48. The van der Waals surface area contributed by atoms with E-state index in [0.717, 1.165) is 62.8 Å². The molecule has 1 aromatic carbocycles. The third-order valence-electron chi connectivity index (χ3n) is 4.07. The maximum atomic E-state index is 6.03. The second-order valence-corrected chi connectivity index (χ2v) is 5.52. The molecule has 1 unspecified atom stereocenters. The van der Waals surface area contributed by atoms with Crippen LogP contribution in [0.15, 0.2) is 18.2 Å². The Kier molecular flexibility index (Phi) is 4.83. The molecule has 1 aromatic rings. The average molecular weight is 292 g/mol. The fourth-order valence-electron chi connectivity index (χ4n) is 2.86. The van der Waals surface area contributed by atoms with Crippen LogP contribution in [0, 0.1) is 0 Å². The highest BCUT2D eigenvalue weighted by molar-refractivity contribution is 5.62. The number of hydrogen-bond donors (Lipinski definition) is 1. The zero-order chi connectivity index (χ0) is 14.5. The maximum Gasteiger partial charge on any atom is 0.143 e. The first-order chi connectivity index (χ1) is 10.4. The van der Waals surface area contributed by atoms with E-state index in [1.165, 1.54) is 0 Å². The molecular weight excluding hydrogens is 268 g/mol. The van der Waals surface area contributed by atoms with Crippen molar-refractivity contribution in [3.8, 4) is 11.5 Å². The van der Waals surface area contributed by atoms with Gasteiger partial charge in [0.25, 0.3) is 0 Å². The number of benzene rings is 1. The zero-order valence-electron chi connectivity index (χ0n) is 12.6. The van der Waals surface area contributed by atoms with Gasteiger partial charge in [0.1, 0.15) is 18.1 Å². The molecule has 0 radical (unpaired) electrons. The molecule has 5 nitrogen and oxygen atoms in total. The van der Waals surface area contributed by atoms with E-state index in [4.69, 9.17) is 14.2 Å². The second kappa shape index (κ2) is 7.00. The van der Waals surface area contributed by atoms with Crippen molar-refractivity contribution in [1.29, 1.82) is 0 Å². The molecule has 116 valence electrons. The van der Waals surface area contributed by atoms with E-state index >= 15 is 0 Å². The molecule has 0 amide bonds. The van der Waals surface area contributed by atoms with E-state index in [-0.39, 0.29) is 6.10 Å².